The van der Waals surface area contributed by atoms with Crippen molar-refractivity contribution in [2.24, 2.45) is 11.1 Å². The minimum absolute atomic E-state index is 0.0132. The van der Waals surface area contributed by atoms with Crippen LogP contribution in [0.2, 0.25) is 0 Å². The van der Waals surface area contributed by atoms with E-state index >= 15 is 0 Å². The van der Waals surface area contributed by atoms with Gasteiger partial charge in [-0.3, -0.25) is 14.4 Å². The summed E-state index contributed by atoms with van der Waals surface area (Å²) in [6, 6.07) is 19.8. The molecule has 0 unspecified atom stereocenters. The van der Waals surface area contributed by atoms with Crippen molar-refractivity contribution in [3.63, 3.8) is 0 Å². The second-order valence-electron chi connectivity index (χ2n) is 10.7. The van der Waals surface area contributed by atoms with Crippen molar-refractivity contribution in [3.05, 3.63) is 90.0 Å². The smallest absolute Gasteiger partial charge is 0.375 e. The van der Waals surface area contributed by atoms with Crippen molar-refractivity contribution in [3.8, 4) is 11.1 Å². The topological polar surface area (TPSA) is 92.9 Å². The molecule has 0 radical (unpaired) electrons. The first-order valence-electron chi connectivity index (χ1n) is 13.3. The maximum absolute atomic E-state index is 14.7. The van der Waals surface area contributed by atoms with Gasteiger partial charge in [0.05, 0.1) is 25.4 Å². The number of hydrogen-bond acceptors (Lipinski definition) is 4. The third kappa shape index (κ3) is 6.38. The molecule has 43 heavy (non-hydrogen) atoms. The van der Waals surface area contributed by atoms with Crippen molar-refractivity contribution in [1.29, 1.82) is 0 Å². The van der Waals surface area contributed by atoms with E-state index in [1.807, 2.05) is 30.3 Å². The van der Waals surface area contributed by atoms with Crippen LogP contribution in [-0.2, 0) is 25.7 Å². The molecule has 0 saturated carbocycles. The van der Waals surface area contributed by atoms with Crippen molar-refractivity contribution in [2.45, 2.75) is 38.6 Å². The number of fused-ring (bicyclic) bond motifs is 3. The molecule has 0 aromatic heterocycles. The summed E-state index contributed by atoms with van der Waals surface area (Å²) in [4.78, 5) is 41.6. The number of amides is 3. The summed E-state index contributed by atoms with van der Waals surface area (Å²) in [7, 11) is 0. The summed E-state index contributed by atoms with van der Waals surface area (Å²) >= 11 is 0. The molecule has 3 aromatic rings. The first kappa shape index (κ1) is 31.6. The molecule has 3 aromatic carbocycles. The van der Waals surface area contributed by atoms with Crippen molar-refractivity contribution < 1.29 is 41.1 Å². The molecule has 0 bridgehead atoms. The minimum atomic E-state index is -6.05. The van der Waals surface area contributed by atoms with E-state index in [9.17, 15) is 36.3 Å². The number of hydrogen-bond donors (Lipinski definition) is 1. The summed E-state index contributed by atoms with van der Waals surface area (Å²) in [5.41, 5.74) is 5.18. The number of benzene rings is 3. The van der Waals surface area contributed by atoms with Gasteiger partial charge in [-0.15, -0.1) is 0 Å². The predicted molar refractivity (Wildman–Crippen MR) is 149 cm³/mol. The monoisotopic (exact) mass is 603 g/mol. The average molecular weight is 604 g/mol. The number of halogens is 5. The summed E-state index contributed by atoms with van der Waals surface area (Å²) in [5, 5.41) is 0. The van der Waals surface area contributed by atoms with E-state index in [4.69, 9.17) is 10.5 Å². The predicted octanol–water partition coefficient (Wildman–Crippen LogP) is 5.50. The van der Waals surface area contributed by atoms with Gasteiger partial charge < -0.3 is 20.3 Å². The highest BCUT2D eigenvalue weighted by molar-refractivity contribution is 6.09. The SMILES string of the molecule is CC(C)(C(N)=O)C(=O)N(CC(F)(F)C(F)(F)F)[C@@H]1C(=O)N(CCOCc2ccccc2)c2ccccc2-c2ccccc21. The third-order valence-corrected chi connectivity index (χ3v) is 7.32. The molecule has 4 rings (SSSR count). The molecule has 3 amide bonds. The van der Waals surface area contributed by atoms with Crippen molar-refractivity contribution >= 4 is 23.4 Å². The fraction of sp³-hybridized carbons (Fsp3) is 0.323. The number of rotatable bonds is 10. The Morgan fingerprint density at radius 3 is 2.09 bits per heavy atom. The third-order valence-electron chi connectivity index (χ3n) is 7.32. The molecule has 0 fully saturated rings. The molecule has 228 valence electrons. The lowest BCUT2D eigenvalue weighted by Crippen LogP contribution is -2.57. The molecule has 1 aliphatic heterocycles. The Hall–Kier alpha value is -4.32. The molecule has 0 spiro atoms. The van der Waals surface area contributed by atoms with Gasteiger partial charge in [-0.1, -0.05) is 72.8 Å². The van der Waals surface area contributed by atoms with Crippen LogP contribution < -0.4 is 10.6 Å². The lowest BCUT2D eigenvalue weighted by molar-refractivity contribution is -0.286. The number of carbonyl (C=O) groups excluding carboxylic acids is 3. The molecule has 1 aliphatic rings. The van der Waals surface area contributed by atoms with E-state index in [-0.39, 0.29) is 30.2 Å². The van der Waals surface area contributed by atoms with Crippen LogP contribution >= 0.6 is 0 Å². The zero-order valence-corrected chi connectivity index (χ0v) is 23.4. The van der Waals surface area contributed by atoms with E-state index in [1.165, 1.54) is 17.0 Å². The quantitative estimate of drug-likeness (QED) is 0.188. The second-order valence-corrected chi connectivity index (χ2v) is 10.7. The van der Waals surface area contributed by atoms with E-state index in [2.05, 4.69) is 0 Å². The van der Waals surface area contributed by atoms with Gasteiger partial charge in [0.25, 0.3) is 5.91 Å². The Labute approximate surface area is 245 Å². The lowest BCUT2D eigenvalue weighted by Gasteiger charge is -2.39. The highest BCUT2D eigenvalue weighted by atomic mass is 19.4. The van der Waals surface area contributed by atoms with Crippen LogP contribution in [0.15, 0.2) is 78.9 Å². The standard InChI is InChI=1S/C31H30F5N3O4/c1-29(2,27(37)41)28(42)39(19-30(32,33)31(34,35)36)25-23-14-7-6-12-21(23)22-13-8-9-15-24(22)38(26(25)40)16-17-43-18-20-10-4-3-5-11-20/h3-15,25H,16-19H2,1-2H3,(H2,37,41)/t25-/m0/s1. The first-order valence-corrected chi connectivity index (χ1v) is 13.3. The fourth-order valence-electron chi connectivity index (χ4n) is 4.82. The van der Waals surface area contributed by atoms with E-state index in [0.717, 1.165) is 19.4 Å². The number of primary amides is 1. The van der Waals surface area contributed by atoms with Gasteiger partial charge in [-0.05, 0) is 36.6 Å². The summed E-state index contributed by atoms with van der Waals surface area (Å²) in [6.45, 7) is -0.156. The molecule has 1 atom stereocenters. The van der Waals surface area contributed by atoms with Gasteiger partial charge >= 0.3 is 12.1 Å². The van der Waals surface area contributed by atoms with Crippen LogP contribution in [0.1, 0.15) is 31.0 Å². The largest absolute Gasteiger partial charge is 0.455 e. The normalized spacial score (nSPS) is 15.4. The van der Waals surface area contributed by atoms with Gasteiger partial charge in [0.1, 0.15) is 11.5 Å². The van der Waals surface area contributed by atoms with Crippen LogP contribution in [-0.4, -0.2) is 54.4 Å². The molecule has 12 heteroatoms. The lowest BCUT2D eigenvalue weighted by atomic mass is 9.88. The number of para-hydroxylation sites is 1. The number of anilines is 1. The molecule has 1 heterocycles. The van der Waals surface area contributed by atoms with Crippen LogP contribution in [0.3, 0.4) is 0 Å². The molecular formula is C31H30F5N3O4. The Morgan fingerprint density at radius 2 is 1.47 bits per heavy atom. The van der Waals surface area contributed by atoms with Crippen LogP contribution in [0.25, 0.3) is 11.1 Å². The number of nitrogens with two attached hydrogens (primary N) is 1. The Balaban J connectivity index is 1.83. The average Bonchev–Trinajstić information content (AvgIpc) is 3.06. The number of carbonyl (C=O) groups is 3. The van der Waals surface area contributed by atoms with Gasteiger partial charge in [0.2, 0.25) is 11.8 Å². The second kappa shape index (κ2) is 12.1. The fourth-order valence-corrected chi connectivity index (χ4v) is 4.82. The first-order chi connectivity index (χ1) is 20.2. The summed E-state index contributed by atoms with van der Waals surface area (Å²) in [5.74, 6) is -9.09. The van der Waals surface area contributed by atoms with Crippen LogP contribution in [0, 0.1) is 5.41 Å². The molecule has 0 saturated heterocycles. The number of ether oxygens (including phenoxy) is 1. The summed E-state index contributed by atoms with van der Waals surface area (Å²) in [6.07, 6.45) is -6.05. The number of nitrogens with zero attached hydrogens (tertiary/aromatic N) is 2. The van der Waals surface area contributed by atoms with Crippen LogP contribution in [0.5, 0.6) is 0 Å². The highest BCUT2D eigenvalue weighted by Crippen LogP contribution is 2.45. The molecule has 7 nitrogen and oxygen atoms in total. The minimum Gasteiger partial charge on any atom is -0.375 e. The Kier molecular flexibility index (Phi) is 8.91. The van der Waals surface area contributed by atoms with E-state index < -0.39 is 47.8 Å². The van der Waals surface area contributed by atoms with E-state index in [1.54, 1.807) is 36.4 Å². The summed E-state index contributed by atoms with van der Waals surface area (Å²) < 4.78 is 75.6. The Bertz CT molecular complexity index is 1490. The van der Waals surface area contributed by atoms with Gasteiger partial charge in [-0.25, -0.2) is 0 Å². The zero-order valence-electron chi connectivity index (χ0n) is 23.4. The molecular weight excluding hydrogens is 573 g/mol. The number of alkyl halides is 5. The van der Waals surface area contributed by atoms with Gasteiger partial charge in [-0.2, -0.15) is 22.0 Å². The Morgan fingerprint density at radius 1 is 0.884 bits per heavy atom. The van der Waals surface area contributed by atoms with E-state index in [0.29, 0.717) is 16.8 Å². The maximum Gasteiger partial charge on any atom is 0.455 e. The maximum atomic E-state index is 14.7. The van der Waals surface area contributed by atoms with Gasteiger partial charge in [0.15, 0.2) is 0 Å². The van der Waals surface area contributed by atoms with Crippen LogP contribution in [0.4, 0.5) is 27.6 Å². The molecule has 0 aliphatic carbocycles. The molecule has 2 N–H and O–H groups in total. The van der Waals surface area contributed by atoms with Crippen molar-refractivity contribution in [2.75, 3.05) is 24.6 Å². The zero-order chi connectivity index (χ0) is 31.6. The van der Waals surface area contributed by atoms with Crippen molar-refractivity contribution in [1.82, 2.24) is 4.90 Å². The highest BCUT2D eigenvalue weighted by Gasteiger charge is 2.60. The van der Waals surface area contributed by atoms with Gasteiger partial charge in [0, 0.05) is 12.1 Å².